The van der Waals surface area contributed by atoms with Gasteiger partial charge in [-0.3, -0.25) is 14.9 Å². The molecule has 0 amide bonds. The van der Waals surface area contributed by atoms with Crippen LogP contribution in [0.5, 0.6) is 0 Å². The molecule has 12 heteroatoms. The molecule has 0 aromatic carbocycles. The topological polar surface area (TPSA) is 109 Å². The summed E-state index contributed by atoms with van der Waals surface area (Å²) in [6, 6.07) is 5.69. The fraction of sp³-hybridized carbons (Fsp3) is 0.568. The molecular weight excluding hydrogens is 667 g/mol. The van der Waals surface area contributed by atoms with Gasteiger partial charge in [-0.2, -0.15) is 0 Å². The number of thioether (sulfide) groups is 1. The number of thiazole rings is 2. The second kappa shape index (κ2) is 21.3. The van der Waals surface area contributed by atoms with Gasteiger partial charge in [0, 0.05) is 48.7 Å². The maximum atomic E-state index is 5.46. The first-order valence-corrected chi connectivity index (χ1v) is 20.3. The molecule has 0 spiro atoms. The largest absolute Gasteiger partial charge is 0.375 e. The van der Waals surface area contributed by atoms with Crippen LogP contribution in [0.2, 0.25) is 0 Å². The quantitative estimate of drug-likeness (QED) is 0.188. The summed E-state index contributed by atoms with van der Waals surface area (Å²) in [5.41, 5.74) is 7.39. The van der Waals surface area contributed by atoms with Gasteiger partial charge in [-0.1, -0.05) is 88.6 Å². The van der Waals surface area contributed by atoms with E-state index >= 15 is 0 Å². The maximum Gasteiger partial charge on any atom is 0.182 e. The molecule has 270 valence electrons. The first-order chi connectivity index (χ1) is 23.4. The van der Waals surface area contributed by atoms with Crippen LogP contribution in [0.1, 0.15) is 101 Å². The van der Waals surface area contributed by atoms with Gasteiger partial charge in [0.05, 0.1) is 11.0 Å². The highest BCUT2D eigenvalue weighted by atomic mass is 32.2. The molecule has 1 aliphatic carbocycles. The van der Waals surface area contributed by atoms with Crippen LogP contribution >= 0.6 is 34.4 Å². The van der Waals surface area contributed by atoms with E-state index in [1.54, 1.807) is 41.7 Å². The molecule has 0 saturated heterocycles. The van der Waals surface area contributed by atoms with Crippen molar-refractivity contribution in [2.45, 2.75) is 123 Å². The number of aromatic nitrogens is 5. The van der Waals surface area contributed by atoms with Gasteiger partial charge in [-0.05, 0) is 84.5 Å². The standard InChI is InChI=1S/C14H21N3.C8H19N.C7H8N2S2.C6H5N3S.C2H6/c1-5-17(11-7-6-8-11)13-12(14(2,3)4)15-9-10-16-13;1-6-9(7(2)3)8(4)5;1-10-7-9-5-3-2-4-8-6(5)11-7;7-6-9-4-2-1-3-8-5(4)10-6;1-2/h5,9-11H,1,6-8H2,2-4H3;7-8H,6H2,1-5H3;3H,2,4H2,1H3;1-3H,(H2,7,9);1-2H3. The average Bonchev–Trinajstić information content (AvgIpc) is 3.66. The van der Waals surface area contributed by atoms with E-state index in [4.69, 9.17) is 5.73 Å². The second-order valence-electron chi connectivity index (χ2n) is 12.8. The number of fused-ring (bicyclic) bond motifs is 2. The molecule has 0 atom stereocenters. The van der Waals surface area contributed by atoms with Crippen molar-refractivity contribution in [1.29, 1.82) is 0 Å². The predicted octanol–water partition coefficient (Wildman–Crippen LogP) is 8.37. The van der Waals surface area contributed by atoms with Gasteiger partial charge in [-0.25, -0.2) is 19.9 Å². The Balaban J connectivity index is 0.000000230. The summed E-state index contributed by atoms with van der Waals surface area (Å²) in [5.74, 6) is 0.972. The summed E-state index contributed by atoms with van der Waals surface area (Å²) in [4.78, 5) is 31.5. The SMILES string of the molecule is C=CN(c1nccnc1C(C)(C)C)C1CCC1.CC.CCN(C(C)C)C(C)C.CSc1nc2c(s1)=NCCC=2.Nc1nc2cccnc2s1. The number of rotatable bonds is 7. The summed E-state index contributed by atoms with van der Waals surface area (Å²) in [7, 11) is 0. The number of hydrogen-bond acceptors (Lipinski definition) is 12. The van der Waals surface area contributed by atoms with Crippen LogP contribution in [0.4, 0.5) is 10.9 Å². The molecule has 2 N–H and O–H groups in total. The van der Waals surface area contributed by atoms with Crippen molar-refractivity contribution < 1.29 is 0 Å². The Morgan fingerprint density at radius 1 is 1.02 bits per heavy atom. The van der Waals surface area contributed by atoms with Crippen molar-refractivity contribution >= 4 is 61.8 Å². The maximum absolute atomic E-state index is 5.46. The lowest BCUT2D eigenvalue weighted by Crippen LogP contribution is -2.38. The third-order valence-electron chi connectivity index (χ3n) is 7.69. The molecule has 49 heavy (non-hydrogen) atoms. The first-order valence-electron chi connectivity index (χ1n) is 17.4. The minimum Gasteiger partial charge on any atom is -0.375 e. The van der Waals surface area contributed by atoms with Gasteiger partial charge in [0.15, 0.2) is 15.3 Å². The van der Waals surface area contributed by atoms with Crippen LogP contribution < -0.4 is 20.7 Å². The third kappa shape index (κ3) is 13.0. The van der Waals surface area contributed by atoms with E-state index in [2.05, 4.69) is 108 Å². The van der Waals surface area contributed by atoms with Crippen LogP contribution in [0.15, 0.2) is 52.8 Å². The molecule has 1 fully saturated rings. The summed E-state index contributed by atoms with van der Waals surface area (Å²) in [6.07, 6.45) is 16.2. The molecule has 9 nitrogen and oxygen atoms in total. The molecule has 0 bridgehead atoms. The molecule has 4 aromatic heterocycles. The van der Waals surface area contributed by atoms with Gasteiger partial charge < -0.3 is 10.6 Å². The van der Waals surface area contributed by atoms with Crippen molar-refractivity contribution in [3.63, 3.8) is 0 Å². The lowest BCUT2D eigenvalue weighted by atomic mass is 9.88. The van der Waals surface area contributed by atoms with Gasteiger partial charge in [-0.15, -0.1) is 0 Å². The molecule has 1 aliphatic heterocycles. The Bertz CT molecular complexity index is 1580. The van der Waals surface area contributed by atoms with Crippen LogP contribution in [0.25, 0.3) is 16.4 Å². The molecule has 6 rings (SSSR count). The highest BCUT2D eigenvalue weighted by molar-refractivity contribution is 8.00. The summed E-state index contributed by atoms with van der Waals surface area (Å²) in [6.45, 7) is 27.7. The highest BCUT2D eigenvalue weighted by Gasteiger charge is 2.29. The molecule has 2 aliphatic rings. The number of nitrogens with two attached hydrogens (primary N) is 1. The van der Waals surface area contributed by atoms with E-state index < -0.39 is 0 Å². The van der Waals surface area contributed by atoms with E-state index in [1.807, 2.05) is 38.4 Å². The van der Waals surface area contributed by atoms with Gasteiger partial charge >= 0.3 is 0 Å². The Labute approximate surface area is 307 Å². The molecule has 0 unspecified atom stereocenters. The third-order valence-corrected chi connectivity index (χ3v) is 10.5. The zero-order valence-corrected chi connectivity index (χ0v) is 34.1. The number of nitrogens with zero attached hydrogens (tertiary/aromatic N) is 8. The lowest BCUT2D eigenvalue weighted by Gasteiger charge is -2.37. The smallest absolute Gasteiger partial charge is 0.182 e. The molecule has 0 radical (unpaired) electrons. The zero-order valence-electron chi connectivity index (χ0n) is 31.6. The Hall–Kier alpha value is -2.93. The van der Waals surface area contributed by atoms with Gasteiger partial charge in [0.2, 0.25) is 0 Å². The highest BCUT2D eigenvalue weighted by Crippen LogP contribution is 2.34. The van der Waals surface area contributed by atoms with Crippen molar-refractivity contribution in [3.05, 3.63) is 59.2 Å². The van der Waals surface area contributed by atoms with Crippen molar-refractivity contribution in [2.24, 2.45) is 4.99 Å². The van der Waals surface area contributed by atoms with Crippen LogP contribution in [0, 0.1) is 0 Å². The van der Waals surface area contributed by atoms with Crippen LogP contribution in [-0.2, 0) is 5.41 Å². The monoisotopic (exact) mass is 725 g/mol. The molecular formula is C37H59N9S3. The average molecular weight is 726 g/mol. The van der Waals surface area contributed by atoms with Gasteiger partial charge in [0.25, 0.3) is 0 Å². The van der Waals surface area contributed by atoms with Gasteiger partial charge in [0.1, 0.15) is 15.0 Å². The van der Waals surface area contributed by atoms with Crippen molar-refractivity contribution in [1.82, 2.24) is 29.8 Å². The summed E-state index contributed by atoms with van der Waals surface area (Å²) >= 11 is 4.79. The zero-order chi connectivity index (χ0) is 36.6. The summed E-state index contributed by atoms with van der Waals surface area (Å²) in [5, 5.41) is 1.67. The van der Waals surface area contributed by atoms with Crippen LogP contribution in [0.3, 0.4) is 0 Å². The Morgan fingerprint density at radius 2 is 1.69 bits per heavy atom. The molecule has 4 aromatic rings. The molecule has 5 heterocycles. The van der Waals surface area contributed by atoms with Crippen molar-refractivity contribution in [2.75, 3.05) is 30.0 Å². The minimum absolute atomic E-state index is 0.00853. The van der Waals surface area contributed by atoms with E-state index in [0.717, 1.165) is 55.7 Å². The van der Waals surface area contributed by atoms with E-state index in [-0.39, 0.29) is 5.41 Å². The lowest BCUT2D eigenvalue weighted by molar-refractivity contribution is 0.185. The summed E-state index contributed by atoms with van der Waals surface area (Å²) < 4.78 is 2.23. The number of pyridine rings is 1. The van der Waals surface area contributed by atoms with E-state index in [0.29, 0.717) is 23.3 Å². The number of nitrogen functional groups attached to an aromatic ring is 1. The number of hydrogen-bond donors (Lipinski definition) is 1. The van der Waals surface area contributed by atoms with Crippen molar-refractivity contribution in [3.8, 4) is 0 Å². The second-order valence-corrected chi connectivity index (χ2v) is 15.8. The fourth-order valence-corrected chi connectivity index (χ4v) is 7.37. The van der Waals surface area contributed by atoms with E-state index in [9.17, 15) is 0 Å². The minimum atomic E-state index is 0.00853. The predicted molar refractivity (Wildman–Crippen MR) is 215 cm³/mol. The van der Waals surface area contributed by atoms with E-state index in [1.165, 1.54) is 30.6 Å². The molecule has 1 saturated carbocycles. The Kier molecular flexibility index (Phi) is 18.4. The Morgan fingerprint density at radius 3 is 2.18 bits per heavy atom. The number of anilines is 2. The van der Waals surface area contributed by atoms with Crippen LogP contribution in [-0.4, -0.2) is 67.3 Å². The first kappa shape index (κ1) is 42.2. The normalized spacial score (nSPS) is 13.5. The fourth-order valence-electron chi connectivity index (χ4n) is 5.24.